The molecule has 142 valence electrons. The third-order valence-corrected chi connectivity index (χ3v) is 5.46. The molecule has 2 nitrogen and oxygen atoms in total. The van der Waals surface area contributed by atoms with Crippen LogP contribution in [0.3, 0.4) is 0 Å². The summed E-state index contributed by atoms with van der Waals surface area (Å²) < 4.78 is 1.09. The van der Waals surface area contributed by atoms with Gasteiger partial charge in [-0.2, -0.15) is 0 Å². The van der Waals surface area contributed by atoms with Gasteiger partial charge in [-0.15, -0.1) is 19.0 Å². The highest BCUT2D eigenvalue weighted by molar-refractivity contribution is 9.10. The molecular formula is C22H30BrClN2. The number of hydrogen-bond donors (Lipinski definition) is 2. The van der Waals surface area contributed by atoms with Crippen molar-refractivity contribution in [3.05, 3.63) is 82.3 Å². The maximum absolute atomic E-state index is 6.80. The van der Waals surface area contributed by atoms with Crippen molar-refractivity contribution < 1.29 is 0 Å². The average molecular weight is 438 g/mol. The minimum Gasteiger partial charge on any atom is -0.327 e. The standard InChI is InChI=1S/C22H29BrN2.ClH/c1-16(2)15-22(25,19-7-5-4-6-8-19)14-13-21(24)17(3)18-9-11-20(23)12-10-18;/h4-12,17,21H,1,13-15,24-25H2,2-3H3;1H/t17-,21?,22?;/m0./s1. The van der Waals surface area contributed by atoms with E-state index in [1.807, 2.05) is 25.1 Å². The predicted octanol–water partition coefficient (Wildman–Crippen LogP) is 5.90. The van der Waals surface area contributed by atoms with Crippen LogP contribution in [-0.2, 0) is 5.54 Å². The summed E-state index contributed by atoms with van der Waals surface area (Å²) in [5.74, 6) is 0.290. The number of halogens is 2. The van der Waals surface area contributed by atoms with Gasteiger partial charge in [0.15, 0.2) is 0 Å². The molecule has 0 radical (unpaired) electrons. The molecule has 2 aromatic rings. The Kier molecular flexibility index (Phi) is 9.05. The molecule has 26 heavy (non-hydrogen) atoms. The van der Waals surface area contributed by atoms with Crippen molar-refractivity contribution in [2.75, 3.05) is 0 Å². The molecule has 2 rings (SSSR count). The van der Waals surface area contributed by atoms with Crippen LogP contribution in [0.4, 0.5) is 0 Å². The molecule has 0 saturated carbocycles. The molecule has 4 N–H and O–H groups in total. The van der Waals surface area contributed by atoms with E-state index in [0.717, 1.165) is 34.9 Å². The van der Waals surface area contributed by atoms with Gasteiger partial charge in [-0.3, -0.25) is 0 Å². The second-order valence-electron chi connectivity index (χ2n) is 7.20. The van der Waals surface area contributed by atoms with Crippen LogP contribution < -0.4 is 11.5 Å². The molecule has 0 heterocycles. The smallest absolute Gasteiger partial charge is 0.0447 e. The van der Waals surface area contributed by atoms with E-state index in [4.69, 9.17) is 11.5 Å². The number of benzene rings is 2. The zero-order chi connectivity index (χ0) is 18.4. The van der Waals surface area contributed by atoms with Crippen LogP contribution >= 0.6 is 28.3 Å². The van der Waals surface area contributed by atoms with E-state index in [9.17, 15) is 0 Å². The van der Waals surface area contributed by atoms with E-state index in [1.54, 1.807) is 0 Å². The quantitative estimate of drug-likeness (QED) is 0.505. The fourth-order valence-electron chi connectivity index (χ4n) is 3.33. The maximum Gasteiger partial charge on any atom is 0.0447 e. The van der Waals surface area contributed by atoms with E-state index in [1.165, 1.54) is 5.56 Å². The van der Waals surface area contributed by atoms with Crippen molar-refractivity contribution in [2.24, 2.45) is 11.5 Å². The summed E-state index contributed by atoms with van der Waals surface area (Å²) >= 11 is 3.48. The molecule has 0 saturated heterocycles. The highest BCUT2D eigenvalue weighted by atomic mass is 79.9. The molecule has 0 aromatic heterocycles. The monoisotopic (exact) mass is 436 g/mol. The van der Waals surface area contributed by atoms with Crippen molar-refractivity contribution in [1.29, 1.82) is 0 Å². The van der Waals surface area contributed by atoms with Gasteiger partial charge in [0.25, 0.3) is 0 Å². The molecular weight excluding hydrogens is 408 g/mol. The van der Waals surface area contributed by atoms with Crippen molar-refractivity contribution in [1.82, 2.24) is 0 Å². The molecule has 0 aliphatic heterocycles. The van der Waals surface area contributed by atoms with Gasteiger partial charge in [0.1, 0.15) is 0 Å². The van der Waals surface area contributed by atoms with E-state index in [-0.39, 0.29) is 24.4 Å². The number of nitrogens with two attached hydrogens (primary N) is 2. The largest absolute Gasteiger partial charge is 0.327 e. The highest BCUT2D eigenvalue weighted by Gasteiger charge is 2.28. The van der Waals surface area contributed by atoms with E-state index < -0.39 is 5.54 Å². The molecule has 0 spiro atoms. The van der Waals surface area contributed by atoms with Gasteiger partial charge in [-0.1, -0.05) is 70.9 Å². The molecule has 0 amide bonds. The average Bonchev–Trinajstić information content (AvgIpc) is 2.60. The molecule has 0 bridgehead atoms. The number of rotatable bonds is 8. The van der Waals surface area contributed by atoms with Gasteiger partial charge < -0.3 is 11.5 Å². The molecule has 2 unspecified atom stereocenters. The Morgan fingerprint density at radius 3 is 2.23 bits per heavy atom. The Balaban J connectivity index is 0.00000338. The summed E-state index contributed by atoms with van der Waals surface area (Å²) in [5, 5.41) is 0. The summed E-state index contributed by atoms with van der Waals surface area (Å²) in [7, 11) is 0. The first-order valence-corrected chi connectivity index (χ1v) is 9.61. The van der Waals surface area contributed by atoms with Crippen molar-refractivity contribution in [3.63, 3.8) is 0 Å². The summed E-state index contributed by atoms with van der Waals surface area (Å²) in [4.78, 5) is 0. The van der Waals surface area contributed by atoms with Crippen molar-refractivity contribution in [3.8, 4) is 0 Å². The summed E-state index contributed by atoms with van der Waals surface area (Å²) in [6, 6.07) is 18.8. The van der Waals surface area contributed by atoms with E-state index >= 15 is 0 Å². The lowest BCUT2D eigenvalue weighted by Crippen LogP contribution is -2.39. The molecule has 4 heteroatoms. The van der Waals surface area contributed by atoms with Crippen LogP contribution in [0.1, 0.15) is 50.2 Å². The Bertz CT molecular complexity index is 687. The lowest BCUT2D eigenvalue weighted by Gasteiger charge is -2.33. The van der Waals surface area contributed by atoms with Crippen LogP contribution in [-0.4, -0.2) is 6.04 Å². The minimum absolute atomic E-state index is 0. The topological polar surface area (TPSA) is 52.0 Å². The first-order valence-electron chi connectivity index (χ1n) is 8.81. The second-order valence-corrected chi connectivity index (χ2v) is 8.11. The normalized spacial score (nSPS) is 15.4. The molecule has 2 aromatic carbocycles. The first-order chi connectivity index (χ1) is 11.8. The van der Waals surface area contributed by atoms with Crippen LogP contribution in [0.15, 0.2) is 71.2 Å². The molecule has 0 fully saturated rings. The minimum atomic E-state index is -0.413. The third kappa shape index (κ3) is 6.24. The maximum atomic E-state index is 6.80. The Labute approximate surface area is 172 Å². The van der Waals surface area contributed by atoms with Crippen LogP contribution in [0.2, 0.25) is 0 Å². The van der Waals surface area contributed by atoms with Gasteiger partial charge >= 0.3 is 0 Å². The SMILES string of the molecule is C=C(C)CC(N)(CCC(N)[C@@H](C)c1ccc(Br)cc1)c1ccccc1.Cl. The van der Waals surface area contributed by atoms with Gasteiger partial charge in [-0.25, -0.2) is 0 Å². The second kappa shape index (κ2) is 10.3. The van der Waals surface area contributed by atoms with E-state index in [0.29, 0.717) is 0 Å². The van der Waals surface area contributed by atoms with E-state index in [2.05, 4.69) is 65.8 Å². The lowest BCUT2D eigenvalue weighted by molar-refractivity contribution is 0.361. The first kappa shape index (κ1) is 22.9. The van der Waals surface area contributed by atoms with Gasteiger partial charge in [0.05, 0.1) is 0 Å². The lowest BCUT2D eigenvalue weighted by atomic mass is 9.79. The van der Waals surface area contributed by atoms with Gasteiger partial charge in [0, 0.05) is 16.1 Å². The zero-order valence-electron chi connectivity index (χ0n) is 15.6. The zero-order valence-corrected chi connectivity index (χ0v) is 18.0. The molecule has 0 aliphatic carbocycles. The predicted molar refractivity (Wildman–Crippen MR) is 119 cm³/mol. The Hall–Kier alpha value is -1.13. The van der Waals surface area contributed by atoms with Crippen LogP contribution in [0.25, 0.3) is 0 Å². The van der Waals surface area contributed by atoms with Crippen molar-refractivity contribution >= 4 is 28.3 Å². The fourth-order valence-corrected chi connectivity index (χ4v) is 3.60. The summed E-state index contributed by atoms with van der Waals surface area (Å²) in [6.45, 7) is 8.29. The summed E-state index contributed by atoms with van der Waals surface area (Å²) in [6.07, 6.45) is 2.48. The van der Waals surface area contributed by atoms with Crippen LogP contribution in [0.5, 0.6) is 0 Å². The molecule has 3 atom stereocenters. The van der Waals surface area contributed by atoms with Crippen molar-refractivity contribution in [2.45, 2.75) is 50.6 Å². The number of hydrogen-bond acceptors (Lipinski definition) is 2. The fraction of sp³-hybridized carbons (Fsp3) is 0.364. The summed E-state index contributed by atoms with van der Waals surface area (Å²) in [5.41, 5.74) is 16.4. The Morgan fingerprint density at radius 1 is 1.12 bits per heavy atom. The Morgan fingerprint density at radius 2 is 1.69 bits per heavy atom. The van der Waals surface area contributed by atoms with Crippen LogP contribution in [0, 0.1) is 0 Å². The third-order valence-electron chi connectivity index (χ3n) is 4.93. The molecule has 0 aliphatic rings. The highest BCUT2D eigenvalue weighted by Crippen LogP contribution is 2.32. The van der Waals surface area contributed by atoms with Gasteiger partial charge in [-0.05, 0) is 55.4 Å². The van der Waals surface area contributed by atoms with Gasteiger partial charge in [0.2, 0.25) is 0 Å².